The van der Waals surface area contributed by atoms with Gasteiger partial charge in [-0.05, 0) is 41.5 Å². The molecular weight excluding hydrogens is 677 g/mol. The Kier molecular flexibility index (Phi) is 9.58. The van der Waals surface area contributed by atoms with Gasteiger partial charge in [0.15, 0.2) is 0 Å². The smallest absolute Gasteiger partial charge is 0.412 e. The monoisotopic (exact) mass is 701 g/mol. The Labute approximate surface area is 278 Å². The molecule has 49 heavy (non-hydrogen) atoms. The highest BCUT2D eigenvalue weighted by Gasteiger charge is 2.41. The van der Waals surface area contributed by atoms with E-state index in [0.29, 0.717) is 28.6 Å². The molecule has 0 aliphatic rings. The zero-order chi connectivity index (χ0) is 35.8. The quantitative estimate of drug-likeness (QED) is 0.176. The van der Waals surface area contributed by atoms with Gasteiger partial charge >= 0.3 is 17.8 Å². The third-order valence-electron chi connectivity index (χ3n) is 7.73. The summed E-state index contributed by atoms with van der Waals surface area (Å²) in [6.45, 7) is 0. The van der Waals surface area contributed by atoms with Crippen LogP contribution in [0.5, 0.6) is 0 Å². The first kappa shape index (κ1) is 34.8. The highest BCUT2D eigenvalue weighted by molar-refractivity contribution is 6.30. The van der Waals surface area contributed by atoms with Gasteiger partial charge in [0.05, 0.1) is 11.1 Å². The zero-order valence-electron chi connectivity index (χ0n) is 25.5. The molecule has 3 aromatic carbocycles. The van der Waals surface area contributed by atoms with E-state index < -0.39 is 70.7 Å². The van der Waals surface area contributed by atoms with Crippen LogP contribution in [-0.2, 0) is 25.3 Å². The molecule has 5 aromatic rings. The van der Waals surface area contributed by atoms with E-state index in [-0.39, 0.29) is 21.7 Å². The van der Waals surface area contributed by atoms with E-state index in [2.05, 4.69) is 10.3 Å². The summed E-state index contributed by atoms with van der Waals surface area (Å²) in [7, 11) is 2.78. The van der Waals surface area contributed by atoms with Crippen LogP contribution in [0, 0.1) is 11.6 Å². The first-order chi connectivity index (χ1) is 23.1. The number of fused-ring (bicyclic) bond motifs is 1. The molecule has 0 saturated heterocycles. The summed E-state index contributed by atoms with van der Waals surface area (Å²) in [5.41, 5.74) is -2.19. The topological polar surface area (TPSA) is 135 Å². The standard InChI is InChI=1S/C33H25ClF5N5O5/c1-43-15-22(30(46)44(2)32(43)49)21-10-7-17(20-4-3-11-40-27(20)21)12-25(31(47)48)42-29(45)26-23(35)13-19(14-24(26)36)41-28(33(37,38)39)16-5-8-18(34)9-6-16/h3-11,13-15,25,28,41H,12H2,1-2H3,(H,42,45)(H,47,48)/t25-,28+/m0/s1. The van der Waals surface area contributed by atoms with Gasteiger partial charge in [-0.2, -0.15) is 13.2 Å². The van der Waals surface area contributed by atoms with Crippen LogP contribution < -0.4 is 21.9 Å². The van der Waals surface area contributed by atoms with Gasteiger partial charge in [-0.3, -0.25) is 19.1 Å². The van der Waals surface area contributed by atoms with Gasteiger partial charge in [-0.1, -0.05) is 41.9 Å². The Morgan fingerprint density at radius 3 is 2.24 bits per heavy atom. The predicted octanol–water partition coefficient (Wildman–Crippen LogP) is 5.37. The van der Waals surface area contributed by atoms with Crippen LogP contribution in [0.1, 0.15) is 27.5 Å². The number of carboxylic acid groups (broad SMARTS) is 1. The number of halogens is 6. The van der Waals surface area contributed by atoms with Crippen molar-refractivity contribution < 1.29 is 36.6 Å². The molecule has 2 atom stereocenters. The molecule has 16 heteroatoms. The van der Waals surface area contributed by atoms with Gasteiger partial charge in [0.2, 0.25) is 0 Å². The lowest BCUT2D eigenvalue weighted by molar-refractivity contribution is -0.144. The van der Waals surface area contributed by atoms with Crippen molar-refractivity contribution in [2.24, 2.45) is 14.1 Å². The van der Waals surface area contributed by atoms with E-state index in [9.17, 15) is 37.5 Å². The maximum atomic E-state index is 15.1. The lowest BCUT2D eigenvalue weighted by Crippen LogP contribution is -2.43. The SMILES string of the molecule is Cn1cc(-c2ccc(C[C@H](NC(=O)c3c(F)cc(N[C@H](c4ccc(Cl)cc4)C(F)(F)F)cc3F)C(=O)O)c3cccnc23)c(=O)n(C)c1=O. The van der Waals surface area contributed by atoms with Gasteiger partial charge in [0.25, 0.3) is 11.5 Å². The number of pyridine rings is 1. The summed E-state index contributed by atoms with van der Waals surface area (Å²) in [5, 5.41) is 14.6. The number of hydrogen-bond donors (Lipinski definition) is 3. The molecule has 0 aliphatic heterocycles. The fraction of sp³-hybridized carbons (Fsp3) is 0.182. The third-order valence-corrected chi connectivity index (χ3v) is 7.99. The summed E-state index contributed by atoms with van der Waals surface area (Å²) < 4.78 is 73.9. The molecule has 0 bridgehead atoms. The Morgan fingerprint density at radius 2 is 1.63 bits per heavy atom. The van der Waals surface area contributed by atoms with Crippen molar-refractivity contribution in [1.82, 2.24) is 19.4 Å². The van der Waals surface area contributed by atoms with Crippen LogP contribution in [0.15, 0.2) is 82.6 Å². The van der Waals surface area contributed by atoms with E-state index in [1.165, 1.54) is 55.3 Å². The Morgan fingerprint density at radius 1 is 0.980 bits per heavy atom. The summed E-state index contributed by atoms with van der Waals surface area (Å²) in [6, 6.07) is 7.62. The number of benzene rings is 3. The first-order valence-corrected chi connectivity index (χ1v) is 14.7. The van der Waals surface area contributed by atoms with Crippen molar-refractivity contribution in [3.05, 3.63) is 127 Å². The average molecular weight is 702 g/mol. The Hall–Kier alpha value is -5.57. The number of carboxylic acids is 1. The number of carbonyl (C=O) groups excluding carboxylic acids is 1. The van der Waals surface area contributed by atoms with Crippen molar-refractivity contribution in [1.29, 1.82) is 0 Å². The third kappa shape index (κ3) is 7.16. The van der Waals surface area contributed by atoms with Crippen LogP contribution in [0.4, 0.5) is 27.6 Å². The maximum Gasteiger partial charge on any atom is 0.412 e. The molecule has 5 rings (SSSR count). The number of hydrogen-bond acceptors (Lipinski definition) is 6. The molecule has 3 N–H and O–H groups in total. The number of amides is 1. The van der Waals surface area contributed by atoms with Crippen LogP contribution in [0.25, 0.3) is 22.0 Å². The Balaban J connectivity index is 1.43. The number of rotatable bonds is 9. The van der Waals surface area contributed by atoms with E-state index >= 15 is 8.78 Å². The number of anilines is 1. The van der Waals surface area contributed by atoms with Crippen molar-refractivity contribution in [2.75, 3.05) is 5.32 Å². The van der Waals surface area contributed by atoms with Crippen LogP contribution in [-0.4, -0.2) is 43.3 Å². The molecule has 0 saturated carbocycles. The number of nitrogens with one attached hydrogen (secondary N) is 2. The molecule has 2 aromatic heterocycles. The molecule has 0 fully saturated rings. The van der Waals surface area contributed by atoms with Crippen molar-refractivity contribution >= 4 is 40.1 Å². The molecule has 254 valence electrons. The minimum Gasteiger partial charge on any atom is -0.480 e. The summed E-state index contributed by atoms with van der Waals surface area (Å²) in [4.78, 5) is 54.7. The zero-order valence-corrected chi connectivity index (χ0v) is 26.2. The van der Waals surface area contributed by atoms with Gasteiger partial charge in [0, 0.05) is 54.6 Å². The molecule has 1 amide bonds. The van der Waals surface area contributed by atoms with Gasteiger partial charge in [0.1, 0.15) is 29.3 Å². The first-order valence-electron chi connectivity index (χ1n) is 14.3. The minimum atomic E-state index is -4.89. The number of nitrogens with zero attached hydrogens (tertiary/aromatic N) is 3. The molecule has 10 nitrogen and oxygen atoms in total. The number of aliphatic carboxylic acids is 1. The van der Waals surface area contributed by atoms with E-state index in [4.69, 9.17) is 11.6 Å². The summed E-state index contributed by atoms with van der Waals surface area (Å²) >= 11 is 5.76. The number of carbonyl (C=O) groups is 2. The van der Waals surface area contributed by atoms with Gasteiger partial charge in [-0.25, -0.2) is 18.4 Å². The second-order valence-electron chi connectivity index (χ2n) is 11.0. The predicted molar refractivity (Wildman–Crippen MR) is 170 cm³/mol. The van der Waals surface area contributed by atoms with E-state index in [1.807, 2.05) is 5.32 Å². The number of alkyl halides is 3. The van der Waals surface area contributed by atoms with E-state index in [0.717, 1.165) is 16.7 Å². The van der Waals surface area contributed by atoms with E-state index in [1.54, 1.807) is 12.1 Å². The fourth-order valence-electron chi connectivity index (χ4n) is 5.32. The molecule has 0 spiro atoms. The minimum absolute atomic E-state index is 0.140. The van der Waals surface area contributed by atoms with Gasteiger partial charge < -0.3 is 20.3 Å². The van der Waals surface area contributed by atoms with Crippen LogP contribution >= 0.6 is 11.6 Å². The molecular formula is C33H25ClF5N5O5. The average Bonchev–Trinajstić information content (AvgIpc) is 3.04. The summed E-state index contributed by atoms with van der Waals surface area (Å²) in [6.07, 6.45) is -2.50. The molecule has 2 heterocycles. The van der Waals surface area contributed by atoms with Crippen molar-refractivity contribution in [2.45, 2.75) is 24.7 Å². The number of aryl methyl sites for hydroxylation is 1. The second-order valence-corrected chi connectivity index (χ2v) is 11.5. The largest absolute Gasteiger partial charge is 0.480 e. The second kappa shape index (κ2) is 13.5. The van der Waals surface area contributed by atoms with Crippen LogP contribution in [0.2, 0.25) is 5.02 Å². The summed E-state index contributed by atoms with van der Waals surface area (Å²) in [5.74, 6) is -6.11. The lowest BCUT2D eigenvalue weighted by atomic mass is 9.96. The number of aromatic nitrogens is 3. The normalized spacial score (nSPS) is 12.8. The molecule has 0 unspecified atom stereocenters. The molecule has 0 aliphatic carbocycles. The lowest BCUT2D eigenvalue weighted by Gasteiger charge is -2.23. The molecule has 0 radical (unpaired) electrons. The highest BCUT2D eigenvalue weighted by atomic mass is 35.5. The highest BCUT2D eigenvalue weighted by Crippen LogP contribution is 2.37. The van der Waals surface area contributed by atoms with Crippen LogP contribution in [0.3, 0.4) is 0 Å². The van der Waals surface area contributed by atoms with Crippen molar-refractivity contribution in [3.63, 3.8) is 0 Å². The van der Waals surface area contributed by atoms with Gasteiger partial charge in [-0.15, -0.1) is 0 Å². The van der Waals surface area contributed by atoms with Crippen molar-refractivity contribution in [3.8, 4) is 11.1 Å². The fourth-order valence-corrected chi connectivity index (χ4v) is 5.45. The maximum absolute atomic E-state index is 15.1. The Bertz CT molecular complexity index is 2200.